The summed E-state index contributed by atoms with van der Waals surface area (Å²) in [6.07, 6.45) is 2.82. The van der Waals surface area contributed by atoms with Crippen LogP contribution in [-0.2, 0) is 4.74 Å². The van der Waals surface area contributed by atoms with Gasteiger partial charge in [-0.05, 0) is 55.9 Å². The predicted molar refractivity (Wildman–Crippen MR) is 117 cm³/mol. The second-order valence-corrected chi connectivity index (χ2v) is 8.65. The molecule has 0 spiro atoms. The monoisotopic (exact) mass is 392 g/mol. The van der Waals surface area contributed by atoms with Gasteiger partial charge in [0.2, 0.25) is 0 Å². The molecule has 2 aliphatic heterocycles. The van der Waals surface area contributed by atoms with Crippen molar-refractivity contribution in [3.05, 3.63) is 60.2 Å². The summed E-state index contributed by atoms with van der Waals surface area (Å²) >= 11 is 0. The molecule has 0 radical (unpaired) electrons. The molecule has 2 unspecified atom stereocenters. The number of morpholine rings is 1. The molecule has 2 saturated heterocycles. The Hall–Kier alpha value is -2.17. The number of benzene rings is 2. The Morgan fingerprint density at radius 1 is 0.897 bits per heavy atom. The first-order valence-electron chi connectivity index (χ1n) is 10.9. The number of hydrogen-bond donors (Lipinski definition) is 0. The van der Waals surface area contributed by atoms with E-state index in [1.165, 1.54) is 5.56 Å². The van der Waals surface area contributed by atoms with E-state index in [0.717, 1.165) is 56.7 Å². The van der Waals surface area contributed by atoms with Gasteiger partial charge in [-0.3, -0.25) is 9.69 Å². The third kappa shape index (κ3) is 5.06. The molecule has 2 aromatic carbocycles. The molecule has 0 aromatic heterocycles. The Kier molecular flexibility index (Phi) is 6.31. The first-order chi connectivity index (χ1) is 14.1. The Morgan fingerprint density at radius 2 is 1.48 bits per heavy atom. The van der Waals surface area contributed by atoms with Crippen LogP contribution in [0.3, 0.4) is 0 Å². The number of nitrogens with zero attached hydrogens (tertiary/aromatic N) is 2. The molecule has 0 saturated carbocycles. The van der Waals surface area contributed by atoms with Gasteiger partial charge in [-0.2, -0.15) is 0 Å². The van der Waals surface area contributed by atoms with Crippen molar-refractivity contribution in [1.29, 1.82) is 0 Å². The van der Waals surface area contributed by atoms with Crippen molar-refractivity contribution in [1.82, 2.24) is 9.80 Å². The van der Waals surface area contributed by atoms with E-state index in [0.29, 0.717) is 18.1 Å². The van der Waals surface area contributed by atoms with Crippen molar-refractivity contribution in [2.75, 3.05) is 32.7 Å². The maximum atomic E-state index is 12.9. The van der Waals surface area contributed by atoms with Crippen molar-refractivity contribution in [2.24, 2.45) is 5.92 Å². The van der Waals surface area contributed by atoms with Crippen molar-refractivity contribution < 1.29 is 9.53 Å². The van der Waals surface area contributed by atoms with Crippen molar-refractivity contribution in [3.8, 4) is 11.1 Å². The SMILES string of the molecule is CC1CN(CC2CCN(C(=O)c3ccc(-c4ccccc4)cc3)CC2)CC(C)O1. The van der Waals surface area contributed by atoms with Gasteiger partial charge in [0.05, 0.1) is 12.2 Å². The molecule has 29 heavy (non-hydrogen) atoms. The minimum Gasteiger partial charge on any atom is -0.373 e. The summed E-state index contributed by atoms with van der Waals surface area (Å²) in [4.78, 5) is 17.5. The van der Waals surface area contributed by atoms with Crippen LogP contribution in [-0.4, -0.2) is 60.6 Å². The quantitative estimate of drug-likeness (QED) is 0.777. The first-order valence-corrected chi connectivity index (χ1v) is 10.9. The molecule has 1 amide bonds. The topological polar surface area (TPSA) is 32.8 Å². The first kappa shape index (κ1) is 20.1. The van der Waals surface area contributed by atoms with Gasteiger partial charge in [-0.1, -0.05) is 42.5 Å². The smallest absolute Gasteiger partial charge is 0.253 e. The molecule has 2 fully saturated rings. The van der Waals surface area contributed by atoms with E-state index in [1.807, 2.05) is 35.2 Å². The van der Waals surface area contributed by atoms with Gasteiger partial charge < -0.3 is 9.64 Å². The fourth-order valence-electron chi connectivity index (χ4n) is 4.74. The molecular weight excluding hydrogens is 360 g/mol. The zero-order valence-electron chi connectivity index (χ0n) is 17.6. The van der Waals surface area contributed by atoms with Crippen LogP contribution in [0.1, 0.15) is 37.0 Å². The molecule has 4 heteroatoms. The fourth-order valence-corrected chi connectivity index (χ4v) is 4.74. The highest BCUT2D eigenvalue weighted by Gasteiger charge is 2.28. The average molecular weight is 393 g/mol. The molecular formula is C25H32N2O2. The lowest BCUT2D eigenvalue weighted by Gasteiger charge is -2.39. The lowest BCUT2D eigenvalue weighted by Crippen LogP contribution is -2.48. The number of carbonyl (C=O) groups excluding carboxylic acids is 1. The van der Waals surface area contributed by atoms with E-state index >= 15 is 0 Å². The summed E-state index contributed by atoms with van der Waals surface area (Å²) in [5.41, 5.74) is 3.12. The number of likely N-dealkylation sites (tertiary alicyclic amines) is 1. The zero-order valence-corrected chi connectivity index (χ0v) is 17.6. The Labute approximate surface area is 174 Å². The zero-order chi connectivity index (χ0) is 20.2. The summed E-state index contributed by atoms with van der Waals surface area (Å²) < 4.78 is 5.85. The molecule has 2 aromatic rings. The van der Waals surface area contributed by atoms with Crippen molar-refractivity contribution in [3.63, 3.8) is 0 Å². The summed E-state index contributed by atoms with van der Waals surface area (Å²) in [6, 6.07) is 18.3. The highest BCUT2D eigenvalue weighted by atomic mass is 16.5. The van der Waals surface area contributed by atoms with E-state index in [4.69, 9.17) is 4.74 Å². The van der Waals surface area contributed by atoms with Gasteiger partial charge >= 0.3 is 0 Å². The van der Waals surface area contributed by atoms with E-state index in [1.54, 1.807) is 0 Å². The highest BCUT2D eigenvalue weighted by molar-refractivity contribution is 5.94. The highest BCUT2D eigenvalue weighted by Crippen LogP contribution is 2.24. The van der Waals surface area contributed by atoms with Crippen LogP contribution in [0.5, 0.6) is 0 Å². The van der Waals surface area contributed by atoms with Crippen LogP contribution in [0.4, 0.5) is 0 Å². The van der Waals surface area contributed by atoms with Crippen LogP contribution in [0.15, 0.2) is 54.6 Å². The molecule has 2 heterocycles. The lowest BCUT2D eigenvalue weighted by molar-refractivity contribution is -0.0728. The van der Waals surface area contributed by atoms with Gasteiger partial charge in [0.15, 0.2) is 0 Å². The number of rotatable bonds is 4. The van der Waals surface area contributed by atoms with Crippen LogP contribution >= 0.6 is 0 Å². The molecule has 0 N–H and O–H groups in total. The number of hydrogen-bond acceptors (Lipinski definition) is 3. The second kappa shape index (κ2) is 9.10. The van der Waals surface area contributed by atoms with Gasteiger partial charge in [0.25, 0.3) is 5.91 Å². The van der Waals surface area contributed by atoms with E-state index < -0.39 is 0 Å². The normalized spacial score (nSPS) is 23.9. The van der Waals surface area contributed by atoms with Crippen molar-refractivity contribution in [2.45, 2.75) is 38.9 Å². The molecule has 4 rings (SSSR count). The lowest BCUT2D eigenvalue weighted by atomic mass is 9.95. The minimum absolute atomic E-state index is 0.164. The molecule has 0 bridgehead atoms. The Morgan fingerprint density at radius 3 is 2.10 bits per heavy atom. The molecule has 4 nitrogen and oxygen atoms in total. The van der Waals surface area contributed by atoms with Gasteiger partial charge in [0, 0.05) is 38.3 Å². The number of amides is 1. The maximum absolute atomic E-state index is 12.9. The summed E-state index contributed by atoms with van der Waals surface area (Å²) in [7, 11) is 0. The standard InChI is InChI=1S/C25H32N2O2/c1-19-16-26(17-20(2)29-19)18-21-12-14-27(15-13-21)25(28)24-10-8-23(9-11-24)22-6-4-3-5-7-22/h3-11,19-21H,12-18H2,1-2H3. The van der Waals surface area contributed by atoms with Crippen LogP contribution in [0.25, 0.3) is 11.1 Å². The number of carbonyl (C=O) groups is 1. The molecule has 154 valence electrons. The average Bonchev–Trinajstić information content (AvgIpc) is 2.74. The van der Waals surface area contributed by atoms with Gasteiger partial charge in [-0.25, -0.2) is 0 Å². The summed E-state index contributed by atoms with van der Waals surface area (Å²) in [6.45, 7) is 9.22. The largest absolute Gasteiger partial charge is 0.373 e. The second-order valence-electron chi connectivity index (χ2n) is 8.65. The minimum atomic E-state index is 0.164. The molecule has 2 aliphatic rings. The van der Waals surface area contributed by atoms with Crippen LogP contribution in [0, 0.1) is 5.92 Å². The van der Waals surface area contributed by atoms with Crippen LogP contribution in [0.2, 0.25) is 0 Å². The van der Waals surface area contributed by atoms with E-state index in [2.05, 4.69) is 43.0 Å². The fraction of sp³-hybridized carbons (Fsp3) is 0.480. The Bertz CT molecular complexity index is 787. The third-order valence-corrected chi connectivity index (χ3v) is 6.15. The van der Waals surface area contributed by atoms with Crippen LogP contribution < -0.4 is 0 Å². The summed E-state index contributed by atoms with van der Waals surface area (Å²) in [5, 5.41) is 0. The third-order valence-electron chi connectivity index (χ3n) is 6.15. The molecule has 2 atom stereocenters. The number of piperidine rings is 1. The van der Waals surface area contributed by atoms with Gasteiger partial charge in [-0.15, -0.1) is 0 Å². The van der Waals surface area contributed by atoms with Gasteiger partial charge in [0.1, 0.15) is 0 Å². The maximum Gasteiger partial charge on any atom is 0.253 e. The predicted octanol–water partition coefficient (Wildman–Crippen LogP) is 4.32. The van der Waals surface area contributed by atoms with E-state index in [-0.39, 0.29) is 5.91 Å². The Balaban J connectivity index is 1.30. The number of ether oxygens (including phenoxy) is 1. The van der Waals surface area contributed by atoms with Crippen molar-refractivity contribution >= 4 is 5.91 Å². The van der Waals surface area contributed by atoms with E-state index in [9.17, 15) is 4.79 Å². The summed E-state index contributed by atoms with van der Waals surface area (Å²) in [5.74, 6) is 0.841. The molecule has 0 aliphatic carbocycles.